The van der Waals surface area contributed by atoms with Gasteiger partial charge in [0, 0.05) is 5.56 Å². The van der Waals surface area contributed by atoms with E-state index in [1.54, 1.807) is 37.4 Å². The fourth-order valence-electron chi connectivity index (χ4n) is 1.57. The van der Waals surface area contributed by atoms with E-state index in [1.165, 1.54) is 6.26 Å². The van der Waals surface area contributed by atoms with Crippen molar-refractivity contribution in [2.45, 2.75) is 6.92 Å². The molecule has 1 heterocycles. The maximum Gasteiger partial charge on any atom is 0.228 e. The Morgan fingerprint density at radius 1 is 1.31 bits per heavy atom. The molecule has 82 valence electrons. The molecule has 0 atom stereocenters. The van der Waals surface area contributed by atoms with Gasteiger partial charge >= 0.3 is 0 Å². The van der Waals surface area contributed by atoms with Crippen molar-refractivity contribution < 1.29 is 13.9 Å². The molecule has 1 aromatic carbocycles. The number of carbonyl (C=O) groups excluding carboxylic acids is 1. The van der Waals surface area contributed by atoms with Gasteiger partial charge in [0.25, 0.3) is 0 Å². The largest absolute Gasteiger partial charge is 0.496 e. The number of carbonyl (C=O) groups is 1. The van der Waals surface area contributed by atoms with Crippen LogP contribution in [0.25, 0.3) is 0 Å². The first-order chi connectivity index (χ1) is 7.72. The van der Waals surface area contributed by atoms with Gasteiger partial charge in [-0.1, -0.05) is 0 Å². The molecule has 0 saturated heterocycles. The van der Waals surface area contributed by atoms with Crippen LogP contribution in [0.15, 0.2) is 41.0 Å². The number of hydrogen-bond donors (Lipinski definition) is 0. The molecular weight excluding hydrogens is 204 g/mol. The third-order valence-corrected chi connectivity index (χ3v) is 2.40. The summed E-state index contributed by atoms with van der Waals surface area (Å²) < 4.78 is 10.2. The Morgan fingerprint density at radius 3 is 2.69 bits per heavy atom. The molecule has 0 aliphatic carbocycles. The van der Waals surface area contributed by atoms with Crippen LogP contribution < -0.4 is 4.74 Å². The summed E-state index contributed by atoms with van der Waals surface area (Å²) in [5.41, 5.74) is 1.54. The van der Waals surface area contributed by atoms with Crippen LogP contribution in [0, 0.1) is 6.92 Å². The van der Waals surface area contributed by atoms with Crippen LogP contribution in [0.2, 0.25) is 0 Å². The molecule has 0 spiro atoms. The Morgan fingerprint density at radius 2 is 2.12 bits per heavy atom. The average molecular weight is 216 g/mol. The predicted molar refractivity (Wildman–Crippen MR) is 59.9 cm³/mol. The van der Waals surface area contributed by atoms with E-state index in [1.807, 2.05) is 6.92 Å². The summed E-state index contributed by atoms with van der Waals surface area (Å²) >= 11 is 0. The van der Waals surface area contributed by atoms with Gasteiger partial charge in [-0.2, -0.15) is 0 Å². The minimum atomic E-state index is -0.115. The maximum atomic E-state index is 11.9. The van der Waals surface area contributed by atoms with Crippen LogP contribution in [-0.4, -0.2) is 12.9 Å². The van der Waals surface area contributed by atoms with Crippen LogP contribution in [0.1, 0.15) is 21.7 Å². The summed E-state index contributed by atoms with van der Waals surface area (Å²) in [5.74, 6) is 1.01. The first-order valence-corrected chi connectivity index (χ1v) is 4.95. The maximum absolute atomic E-state index is 11.9. The highest BCUT2D eigenvalue weighted by Crippen LogP contribution is 2.20. The molecule has 0 aliphatic rings. The molecule has 0 aliphatic heterocycles. The van der Waals surface area contributed by atoms with Crippen molar-refractivity contribution in [1.29, 1.82) is 0 Å². The van der Waals surface area contributed by atoms with E-state index < -0.39 is 0 Å². The van der Waals surface area contributed by atoms with Crippen molar-refractivity contribution in [3.63, 3.8) is 0 Å². The van der Waals surface area contributed by atoms with Gasteiger partial charge in [-0.15, -0.1) is 0 Å². The number of aryl methyl sites for hydroxylation is 1. The normalized spacial score (nSPS) is 10.1. The monoisotopic (exact) mass is 216 g/mol. The smallest absolute Gasteiger partial charge is 0.228 e. The lowest BCUT2D eigenvalue weighted by atomic mass is 10.1. The SMILES string of the molecule is COc1ccc(C(=O)c2ccco2)cc1C. The number of furan rings is 1. The van der Waals surface area contributed by atoms with Crippen LogP contribution >= 0.6 is 0 Å². The summed E-state index contributed by atoms with van der Waals surface area (Å²) in [6, 6.07) is 8.66. The summed E-state index contributed by atoms with van der Waals surface area (Å²) in [5, 5.41) is 0. The van der Waals surface area contributed by atoms with Crippen LogP contribution in [0.4, 0.5) is 0 Å². The molecule has 2 rings (SSSR count). The molecule has 2 aromatic rings. The van der Waals surface area contributed by atoms with E-state index in [-0.39, 0.29) is 5.78 Å². The summed E-state index contributed by atoms with van der Waals surface area (Å²) in [6.45, 7) is 1.90. The highest BCUT2D eigenvalue weighted by Gasteiger charge is 2.12. The Bertz CT molecular complexity index is 498. The second-order valence-electron chi connectivity index (χ2n) is 3.49. The van der Waals surface area contributed by atoms with Gasteiger partial charge in [-0.05, 0) is 42.8 Å². The highest BCUT2D eigenvalue weighted by molar-refractivity contribution is 6.07. The number of hydrogen-bond acceptors (Lipinski definition) is 3. The molecule has 0 N–H and O–H groups in total. The van der Waals surface area contributed by atoms with E-state index in [9.17, 15) is 4.79 Å². The van der Waals surface area contributed by atoms with Crippen molar-refractivity contribution in [3.05, 3.63) is 53.5 Å². The Labute approximate surface area is 93.7 Å². The van der Waals surface area contributed by atoms with E-state index in [0.29, 0.717) is 11.3 Å². The molecule has 0 unspecified atom stereocenters. The van der Waals surface area contributed by atoms with Crippen molar-refractivity contribution in [2.75, 3.05) is 7.11 Å². The molecule has 3 heteroatoms. The van der Waals surface area contributed by atoms with Crippen molar-refractivity contribution in [1.82, 2.24) is 0 Å². The molecule has 1 aromatic heterocycles. The van der Waals surface area contributed by atoms with Crippen LogP contribution in [0.5, 0.6) is 5.75 Å². The lowest BCUT2D eigenvalue weighted by Crippen LogP contribution is -2.00. The van der Waals surface area contributed by atoms with Gasteiger partial charge in [0.2, 0.25) is 5.78 Å². The fourth-order valence-corrected chi connectivity index (χ4v) is 1.57. The lowest BCUT2D eigenvalue weighted by molar-refractivity contribution is 0.101. The number of ether oxygens (including phenoxy) is 1. The zero-order valence-electron chi connectivity index (χ0n) is 9.19. The molecule has 0 radical (unpaired) electrons. The van der Waals surface area contributed by atoms with Crippen molar-refractivity contribution >= 4 is 5.78 Å². The number of ketones is 1. The molecule has 0 bridgehead atoms. The predicted octanol–water partition coefficient (Wildman–Crippen LogP) is 2.83. The molecule has 0 saturated carbocycles. The Hall–Kier alpha value is -2.03. The molecular formula is C13H12O3. The van der Waals surface area contributed by atoms with E-state index in [2.05, 4.69) is 0 Å². The van der Waals surface area contributed by atoms with Crippen LogP contribution in [0.3, 0.4) is 0 Å². The zero-order chi connectivity index (χ0) is 11.5. The lowest BCUT2D eigenvalue weighted by Gasteiger charge is -2.05. The summed E-state index contributed by atoms with van der Waals surface area (Å²) in [7, 11) is 1.61. The fraction of sp³-hybridized carbons (Fsp3) is 0.154. The third-order valence-electron chi connectivity index (χ3n) is 2.40. The standard InChI is InChI=1S/C13H12O3/c1-9-8-10(5-6-11(9)15-2)13(14)12-4-3-7-16-12/h3-8H,1-2H3. The van der Waals surface area contributed by atoms with Gasteiger partial charge in [-0.25, -0.2) is 0 Å². The van der Waals surface area contributed by atoms with Crippen molar-refractivity contribution in [2.24, 2.45) is 0 Å². The minimum Gasteiger partial charge on any atom is -0.496 e. The summed E-state index contributed by atoms with van der Waals surface area (Å²) in [6.07, 6.45) is 1.49. The van der Waals surface area contributed by atoms with E-state index in [4.69, 9.17) is 9.15 Å². The van der Waals surface area contributed by atoms with Gasteiger partial charge in [-0.3, -0.25) is 4.79 Å². The average Bonchev–Trinajstić information content (AvgIpc) is 2.81. The minimum absolute atomic E-state index is 0.115. The van der Waals surface area contributed by atoms with E-state index >= 15 is 0 Å². The van der Waals surface area contributed by atoms with Gasteiger partial charge in [0.05, 0.1) is 13.4 Å². The van der Waals surface area contributed by atoms with Gasteiger partial charge in [0.15, 0.2) is 5.76 Å². The summed E-state index contributed by atoms with van der Waals surface area (Å²) in [4.78, 5) is 11.9. The first kappa shape index (κ1) is 10.5. The molecule has 16 heavy (non-hydrogen) atoms. The van der Waals surface area contributed by atoms with Gasteiger partial charge in [0.1, 0.15) is 5.75 Å². The highest BCUT2D eigenvalue weighted by atomic mass is 16.5. The number of methoxy groups -OCH3 is 1. The second kappa shape index (κ2) is 4.23. The molecule has 3 nitrogen and oxygen atoms in total. The van der Waals surface area contributed by atoms with Crippen molar-refractivity contribution in [3.8, 4) is 5.75 Å². The van der Waals surface area contributed by atoms with Gasteiger partial charge < -0.3 is 9.15 Å². The quantitative estimate of drug-likeness (QED) is 0.740. The Balaban J connectivity index is 2.35. The Kier molecular flexibility index (Phi) is 2.77. The van der Waals surface area contributed by atoms with Crippen LogP contribution in [-0.2, 0) is 0 Å². The molecule has 0 amide bonds. The second-order valence-corrected chi connectivity index (χ2v) is 3.49. The number of benzene rings is 1. The number of rotatable bonds is 3. The third kappa shape index (κ3) is 1.84. The molecule has 0 fully saturated rings. The topological polar surface area (TPSA) is 39.4 Å². The zero-order valence-corrected chi connectivity index (χ0v) is 9.19. The van der Waals surface area contributed by atoms with E-state index in [0.717, 1.165) is 11.3 Å². The first-order valence-electron chi connectivity index (χ1n) is 4.95.